The quantitative estimate of drug-likeness (QED) is 0.651. The standard InChI is InChI=1S/C8H11NO2/c1-2-4-7(3-1)11-8-5-9-10-6-8/h5-7H,1-4H2. The van der Waals surface area contributed by atoms with E-state index in [1.165, 1.54) is 25.7 Å². The Balaban J connectivity index is 1.90. The minimum absolute atomic E-state index is 0.398. The molecule has 0 saturated heterocycles. The van der Waals surface area contributed by atoms with Crippen molar-refractivity contribution in [2.24, 2.45) is 0 Å². The van der Waals surface area contributed by atoms with E-state index in [-0.39, 0.29) is 0 Å². The van der Waals surface area contributed by atoms with Crippen LogP contribution < -0.4 is 4.74 Å². The number of nitrogens with zero attached hydrogens (tertiary/aromatic N) is 1. The zero-order valence-corrected chi connectivity index (χ0v) is 6.32. The Morgan fingerprint density at radius 3 is 2.91 bits per heavy atom. The maximum atomic E-state index is 5.56. The lowest BCUT2D eigenvalue weighted by molar-refractivity contribution is 0.208. The molecule has 1 heterocycles. The van der Waals surface area contributed by atoms with Gasteiger partial charge in [0.1, 0.15) is 6.20 Å². The summed E-state index contributed by atoms with van der Waals surface area (Å²) < 4.78 is 10.2. The van der Waals surface area contributed by atoms with Crippen LogP contribution in [0.4, 0.5) is 0 Å². The van der Waals surface area contributed by atoms with Crippen molar-refractivity contribution in [2.75, 3.05) is 0 Å². The van der Waals surface area contributed by atoms with Gasteiger partial charge in [-0.25, -0.2) is 0 Å². The van der Waals surface area contributed by atoms with E-state index in [1.54, 1.807) is 12.5 Å². The third-order valence-corrected chi connectivity index (χ3v) is 2.01. The normalized spacial score (nSPS) is 18.9. The highest BCUT2D eigenvalue weighted by molar-refractivity contribution is 5.08. The number of aromatic nitrogens is 1. The summed E-state index contributed by atoms with van der Waals surface area (Å²) in [5.41, 5.74) is 0. The topological polar surface area (TPSA) is 35.3 Å². The summed E-state index contributed by atoms with van der Waals surface area (Å²) in [6.07, 6.45) is 8.47. The molecule has 0 amide bonds. The zero-order valence-electron chi connectivity index (χ0n) is 6.32. The molecule has 1 aliphatic rings. The SMILES string of the molecule is c1nocc1OC1CCCC1. The van der Waals surface area contributed by atoms with Crippen LogP contribution in [0, 0.1) is 0 Å². The first-order chi connectivity index (χ1) is 5.45. The number of hydrogen-bond acceptors (Lipinski definition) is 3. The van der Waals surface area contributed by atoms with Gasteiger partial charge in [0.25, 0.3) is 0 Å². The first-order valence-corrected chi connectivity index (χ1v) is 4.01. The monoisotopic (exact) mass is 153 g/mol. The van der Waals surface area contributed by atoms with Gasteiger partial charge in [0.05, 0.1) is 6.10 Å². The van der Waals surface area contributed by atoms with Gasteiger partial charge in [-0.15, -0.1) is 0 Å². The second-order valence-electron chi connectivity index (χ2n) is 2.88. The molecule has 11 heavy (non-hydrogen) atoms. The summed E-state index contributed by atoms with van der Waals surface area (Å²) in [7, 11) is 0. The molecule has 0 bridgehead atoms. The molecular weight excluding hydrogens is 142 g/mol. The van der Waals surface area contributed by atoms with Crippen molar-refractivity contribution in [3.8, 4) is 5.75 Å². The van der Waals surface area contributed by atoms with E-state index in [0.717, 1.165) is 5.75 Å². The first-order valence-electron chi connectivity index (χ1n) is 4.01. The summed E-state index contributed by atoms with van der Waals surface area (Å²) in [5, 5.41) is 3.56. The van der Waals surface area contributed by atoms with Crippen LogP contribution in [0.2, 0.25) is 0 Å². The summed E-state index contributed by atoms with van der Waals surface area (Å²) in [4.78, 5) is 0. The molecule has 0 radical (unpaired) electrons. The molecule has 1 aromatic heterocycles. The smallest absolute Gasteiger partial charge is 0.179 e. The molecule has 1 saturated carbocycles. The first kappa shape index (κ1) is 6.70. The fourth-order valence-corrected chi connectivity index (χ4v) is 1.45. The molecule has 0 spiro atoms. The molecule has 0 unspecified atom stereocenters. The predicted octanol–water partition coefficient (Wildman–Crippen LogP) is 2.00. The molecular formula is C8H11NO2. The highest BCUT2D eigenvalue weighted by atomic mass is 16.5. The highest BCUT2D eigenvalue weighted by Gasteiger charge is 2.16. The van der Waals surface area contributed by atoms with Gasteiger partial charge in [-0.05, 0) is 25.7 Å². The second-order valence-corrected chi connectivity index (χ2v) is 2.88. The van der Waals surface area contributed by atoms with Crippen molar-refractivity contribution in [3.63, 3.8) is 0 Å². The van der Waals surface area contributed by atoms with Crippen molar-refractivity contribution >= 4 is 0 Å². The van der Waals surface area contributed by atoms with Crippen LogP contribution in [0.1, 0.15) is 25.7 Å². The van der Waals surface area contributed by atoms with Gasteiger partial charge in [0.15, 0.2) is 12.0 Å². The van der Waals surface area contributed by atoms with E-state index < -0.39 is 0 Å². The number of rotatable bonds is 2. The van der Waals surface area contributed by atoms with E-state index >= 15 is 0 Å². The summed E-state index contributed by atoms with van der Waals surface area (Å²) in [6, 6.07) is 0. The van der Waals surface area contributed by atoms with Crippen LogP contribution in [0.15, 0.2) is 17.0 Å². The van der Waals surface area contributed by atoms with Gasteiger partial charge < -0.3 is 9.26 Å². The minimum Gasteiger partial charge on any atom is -0.485 e. The molecule has 3 heteroatoms. The average molecular weight is 153 g/mol. The number of ether oxygens (including phenoxy) is 1. The molecule has 0 N–H and O–H groups in total. The van der Waals surface area contributed by atoms with Crippen molar-refractivity contribution in [3.05, 3.63) is 12.5 Å². The van der Waals surface area contributed by atoms with Gasteiger partial charge in [0.2, 0.25) is 0 Å². The molecule has 1 fully saturated rings. The van der Waals surface area contributed by atoms with Crippen LogP contribution in [0.3, 0.4) is 0 Å². The molecule has 2 rings (SSSR count). The van der Waals surface area contributed by atoms with Gasteiger partial charge >= 0.3 is 0 Å². The zero-order chi connectivity index (χ0) is 7.52. The summed E-state index contributed by atoms with van der Waals surface area (Å²) in [5.74, 6) is 0.761. The lowest BCUT2D eigenvalue weighted by atomic mass is 10.3. The third-order valence-electron chi connectivity index (χ3n) is 2.01. The van der Waals surface area contributed by atoms with Crippen LogP contribution in [-0.2, 0) is 0 Å². The highest BCUT2D eigenvalue weighted by Crippen LogP contribution is 2.23. The van der Waals surface area contributed by atoms with Crippen LogP contribution in [0.5, 0.6) is 5.75 Å². The maximum absolute atomic E-state index is 5.56. The Hall–Kier alpha value is -0.990. The fourth-order valence-electron chi connectivity index (χ4n) is 1.45. The molecule has 0 aromatic carbocycles. The second kappa shape index (κ2) is 2.95. The van der Waals surface area contributed by atoms with Gasteiger partial charge in [-0.2, -0.15) is 0 Å². The molecule has 3 nitrogen and oxygen atoms in total. The Labute approximate surface area is 65.3 Å². The Kier molecular flexibility index (Phi) is 1.79. The third kappa shape index (κ3) is 1.53. The van der Waals surface area contributed by atoms with E-state index in [9.17, 15) is 0 Å². The summed E-state index contributed by atoms with van der Waals surface area (Å²) >= 11 is 0. The van der Waals surface area contributed by atoms with Crippen molar-refractivity contribution in [1.29, 1.82) is 0 Å². The van der Waals surface area contributed by atoms with Crippen LogP contribution in [0.25, 0.3) is 0 Å². The fraction of sp³-hybridized carbons (Fsp3) is 0.625. The molecule has 1 aliphatic carbocycles. The Morgan fingerprint density at radius 1 is 1.45 bits per heavy atom. The maximum Gasteiger partial charge on any atom is 0.179 e. The van der Waals surface area contributed by atoms with Gasteiger partial charge in [-0.3, -0.25) is 0 Å². The largest absolute Gasteiger partial charge is 0.485 e. The molecule has 0 aliphatic heterocycles. The molecule has 0 atom stereocenters. The molecule has 1 aromatic rings. The van der Waals surface area contributed by atoms with E-state index in [4.69, 9.17) is 4.74 Å². The average Bonchev–Trinajstić information content (AvgIpc) is 2.60. The van der Waals surface area contributed by atoms with Crippen molar-refractivity contribution < 1.29 is 9.26 Å². The van der Waals surface area contributed by atoms with Crippen molar-refractivity contribution in [2.45, 2.75) is 31.8 Å². The van der Waals surface area contributed by atoms with Gasteiger partial charge in [-0.1, -0.05) is 5.16 Å². The Morgan fingerprint density at radius 2 is 2.27 bits per heavy atom. The van der Waals surface area contributed by atoms with E-state index in [0.29, 0.717) is 6.10 Å². The minimum atomic E-state index is 0.398. The Bertz CT molecular complexity index is 202. The van der Waals surface area contributed by atoms with Crippen LogP contribution in [-0.4, -0.2) is 11.3 Å². The van der Waals surface area contributed by atoms with Crippen molar-refractivity contribution in [1.82, 2.24) is 5.16 Å². The van der Waals surface area contributed by atoms with Gasteiger partial charge in [0, 0.05) is 0 Å². The lowest BCUT2D eigenvalue weighted by Crippen LogP contribution is -2.09. The van der Waals surface area contributed by atoms with E-state index in [2.05, 4.69) is 9.68 Å². The van der Waals surface area contributed by atoms with E-state index in [1.807, 2.05) is 0 Å². The summed E-state index contributed by atoms with van der Waals surface area (Å²) in [6.45, 7) is 0. The molecule has 60 valence electrons. The number of hydrogen-bond donors (Lipinski definition) is 0. The predicted molar refractivity (Wildman–Crippen MR) is 39.4 cm³/mol. The van der Waals surface area contributed by atoms with Crippen LogP contribution >= 0.6 is 0 Å². The lowest BCUT2D eigenvalue weighted by Gasteiger charge is -2.08.